The molecule has 0 amide bonds. The van der Waals surface area contributed by atoms with Crippen LogP contribution in [0.1, 0.15) is 51.1 Å². The van der Waals surface area contributed by atoms with E-state index in [1.54, 1.807) is 0 Å². The van der Waals surface area contributed by atoms with Crippen LogP contribution in [0.4, 0.5) is 0 Å². The van der Waals surface area contributed by atoms with Crippen LogP contribution < -0.4 is 5.32 Å². The van der Waals surface area contributed by atoms with Gasteiger partial charge in [-0.25, -0.2) is 0 Å². The Labute approximate surface area is 133 Å². The van der Waals surface area contributed by atoms with Crippen molar-refractivity contribution in [3.63, 3.8) is 0 Å². The molecule has 1 aliphatic heterocycles. The van der Waals surface area contributed by atoms with Crippen LogP contribution in [0.3, 0.4) is 0 Å². The molecule has 0 spiro atoms. The van der Waals surface area contributed by atoms with Crippen LogP contribution >= 0.6 is 11.6 Å². The van der Waals surface area contributed by atoms with E-state index in [1.165, 1.54) is 44.3 Å². The third-order valence-electron chi connectivity index (χ3n) is 5.00. The second-order valence-corrected chi connectivity index (χ2v) is 7.37. The number of halogens is 1. The Morgan fingerprint density at radius 1 is 1.05 bits per heavy atom. The van der Waals surface area contributed by atoms with E-state index in [0.29, 0.717) is 18.1 Å². The van der Waals surface area contributed by atoms with Crippen LogP contribution in [0.2, 0.25) is 5.02 Å². The first-order valence-corrected chi connectivity index (χ1v) is 8.77. The maximum Gasteiger partial charge on any atom is 0.0406 e. The SMILES string of the molecule is CC(C)N1CCC(NC(c2ccc(Cl)cc2)C2CC2)CC1. The lowest BCUT2D eigenvalue weighted by atomic mass is 9.97. The van der Waals surface area contributed by atoms with Gasteiger partial charge in [0.05, 0.1) is 0 Å². The summed E-state index contributed by atoms with van der Waals surface area (Å²) in [7, 11) is 0. The summed E-state index contributed by atoms with van der Waals surface area (Å²) < 4.78 is 0. The first kappa shape index (κ1) is 15.3. The lowest BCUT2D eigenvalue weighted by Crippen LogP contribution is -2.46. The molecule has 1 heterocycles. The zero-order chi connectivity index (χ0) is 14.8. The van der Waals surface area contributed by atoms with E-state index in [0.717, 1.165) is 10.9 Å². The molecule has 1 saturated heterocycles. The van der Waals surface area contributed by atoms with Crippen molar-refractivity contribution in [2.45, 2.75) is 57.7 Å². The van der Waals surface area contributed by atoms with Gasteiger partial charge < -0.3 is 10.2 Å². The first-order valence-electron chi connectivity index (χ1n) is 8.39. The molecule has 1 atom stereocenters. The standard InChI is InChI=1S/C18H27ClN2/c1-13(2)21-11-9-17(10-12-21)20-18(14-3-4-14)15-5-7-16(19)8-6-15/h5-8,13-14,17-18,20H,3-4,9-12H2,1-2H3. The van der Waals surface area contributed by atoms with Gasteiger partial charge in [0.25, 0.3) is 0 Å². The fourth-order valence-electron chi connectivity index (χ4n) is 3.44. The number of hydrogen-bond acceptors (Lipinski definition) is 2. The molecule has 1 aliphatic carbocycles. The normalized spacial score (nSPS) is 22.7. The largest absolute Gasteiger partial charge is 0.307 e. The Hall–Kier alpha value is -0.570. The molecule has 116 valence electrons. The minimum absolute atomic E-state index is 0.526. The van der Waals surface area contributed by atoms with Crippen molar-refractivity contribution < 1.29 is 0 Å². The molecule has 2 nitrogen and oxygen atoms in total. The van der Waals surface area contributed by atoms with Crippen LogP contribution in [0, 0.1) is 5.92 Å². The van der Waals surface area contributed by atoms with Crippen molar-refractivity contribution in [1.29, 1.82) is 0 Å². The zero-order valence-electron chi connectivity index (χ0n) is 13.2. The fourth-order valence-corrected chi connectivity index (χ4v) is 3.57. The van der Waals surface area contributed by atoms with E-state index in [1.807, 2.05) is 12.1 Å². The van der Waals surface area contributed by atoms with E-state index in [9.17, 15) is 0 Å². The van der Waals surface area contributed by atoms with Gasteiger partial charge in [-0.3, -0.25) is 0 Å². The van der Waals surface area contributed by atoms with Crippen molar-refractivity contribution in [1.82, 2.24) is 10.2 Å². The van der Waals surface area contributed by atoms with Crippen molar-refractivity contribution in [3.05, 3.63) is 34.9 Å². The molecule has 1 N–H and O–H groups in total. The van der Waals surface area contributed by atoms with Crippen molar-refractivity contribution in [3.8, 4) is 0 Å². The monoisotopic (exact) mass is 306 g/mol. The molecule has 0 aromatic heterocycles. The molecule has 21 heavy (non-hydrogen) atoms. The van der Waals surface area contributed by atoms with Gasteiger partial charge in [-0.15, -0.1) is 0 Å². The van der Waals surface area contributed by atoms with E-state index in [2.05, 4.69) is 36.2 Å². The highest BCUT2D eigenvalue weighted by molar-refractivity contribution is 6.30. The minimum Gasteiger partial charge on any atom is -0.307 e. The number of nitrogens with zero attached hydrogens (tertiary/aromatic N) is 1. The van der Waals surface area contributed by atoms with Gasteiger partial charge in [0, 0.05) is 23.1 Å². The molecule has 2 aliphatic rings. The summed E-state index contributed by atoms with van der Waals surface area (Å²) in [4.78, 5) is 2.59. The second-order valence-electron chi connectivity index (χ2n) is 6.94. The molecule has 1 aromatic carbocycles. The predicted molar refractivity (Wildman–Crippen MR) is 89.8 cm³/mol. The van der Waals surface area contributed by atoms with Gasteiger partial charge >= 0.3 is 0 Å². The number of hydrogen-bond donors (Lipinski definition) is 1. The van der Waals surface area contributed by atoms with Crippen LogP contribution in [-0.2, 0) is 0 Å². The summed E-state index contributed by atoms with van der Waals surface area (Å²) in [5.41, 5.74) is 1.41. The van der Waals surface area contributed by atoms with Gasteiger partial charge in [-0.05, 0) is 76.2 Å². The molecular weight excluding hydrogens is 280 g/mol. The average Bonchev–Trinajstić information content (AvgIpc) is 3.31. The van der Waals surface area contributed by atoms with Crippen molar-refractivity contribution in [2.75, 3.05) is 13.1 Å². The Bertz CT molecular complexity index is 445. The smallest absolute Gasteiger partial charge is 0.0406 e. The summed E-state index contributed by atoms with van der Waals surface area (Å²) in [6, 6.07) is 10.3. The van der Waals surface area contributed by atoms with Crippen LogP contribution in [0.15, 0.2) is 24.3 Å². The van der Waals surface area contributed by atoms with Crippen LogP contribution in [-0.4, -0.2) is 30.1 Å². The number of likely N-dealkylation sites (tertiary alicyclic amines) is 1. The summed E-state index contributed by atoms with van der Waals surface area (Å²) in [5.74, 6) is 0.828. The minimum atomic E-state index is 0.526. The maximum absolute atomic E-state index is 6.02. The summed E-state index contributed by atoms with van der Waals surface area (Å²) >= 11 is 6.02. The van der Waals surface area contributed by atoms with Gasteiger partial charge in [-0.1, -0.05) is 23.7 Å². The van der Waals surface area contributed by atoms with Crippen molar-refractivity contribution in [2.24, 2.45) is 5.92 Å². The number of rotatable bonds is 5. The van der Waals surface area contributed by atoms with E-state index in [4.69, 9.17) is 11.6 Å². The lowest BCUT2D eigenvalue weighted by Gasteiger charge is -2.36. The molecule has 3 rings (SSSR count). The zero-order valence-corrected chi connectivity index (χ0v) is 13.9. The maximum atomic E-state index is 6.02. The van der Waals surface area contributed by atoms with Gasteiger partial charge in [0.15, 0.2) is 0 Å². The number of benzene rings is 1. The lowest BCUT2D eigenvalue weighted by molar-refractivity contribution is 0.154. The summed E-state index contributed by atoms with van der Waals surface area (Å²) in [6.07, 6.45) is 5.28. The summed E-state index contributed by atoms with van der Waals surface area (Å²) in [6.45, 7) is 7.06. The Balaban J connectivity index is 1.60. The summed E-state index contributed by atoms with van der Waals surface area (Å²) in [5, 5.41) is 4.78. The molecule has 3 heteroatoms. The molecule has 1 aromatic rings. The van der Waals surface area contributed by atoms with E-state index >= 15 is 0 Å². The van der Waals surface area contributed by atoms with Crippen LogP contribution in [0.5, 0.6) is 0 Å². The third kappa shape index (κ3) is 4.00. The molecule has 1 unspecified atom stereocenters. The number of nitrogens with one attached hydrogen (secondary N) is 1. The van der Waals surface area contributed by atoms with Gasteiger partial charge in [-0.2, -0.15) is 0 Å². The highest BCUT2D eigenvalue weighted by Crippen LogP contribution is 2.41. The highest BCUT2D eigenvalue weighted by Gasteiger charge is 2.34. The Morgan fingerprint density at radius 2 is 1.67 bits per heavy atom. The molecular formula is C18H27ClN2. The highest BCUT2D eigenvalue weighted by atomic mass is 35.5. The molecule has 0 bridgehead atoms. The van der Waals surface area contributed by atoms with Crippen molar-refractivity contribution >= 4 is 11.6 Å². The quantitative estimate of drug-likeness (QED) is 0.874. The Morgan fingerprint density at radius 3 is 2.19 bits per heavy atom. The molecule has 1 saturated carbocycles. The van der Waals surface area contributed by atoms with Gasteiger partial charge in [0.2, 0.25) is 0 Å². The third-order valence-corrected chi connectivity index (χ3v) is 5.25. The second kappa shape index (κ2) is 6.68. The van der Waals surface area contributed by atoms with E-state index in [-0.39, 0.29) is 0 Å². The van der Waals surface area contributed by atoms with Gasteiger partial charge in [0.1, 0.15) is 0 Å². The Kier molecular flexibility index (Phi) is 4.88. The van der Waals surface area contributed by atoms with Crippen LogP contribution in [0.25, 0.3) is 0 Å². The van der Waals surface area contributed by atoms with E-state index < -0.39 is 0 Å². The molecule has 2 fully saturated rings. The molecule has 0 radical (unpaired) electrons. The first-order chi connectivity index (χ1) is 10.1. The topological polar surface area (TPSA) is 15.3 Å². The predicted octanol–water partition coefficient (Wildman–Crippen LogP) is 4.25. The fraction of sp³-hybridized carbons (Fsp3) is 0.667. The number of piperidine rings is 1. The average molecular weight is 307 g/mol.